The molecule has 15 heteroatoms. The van der Waals surface area contributed by atoms with Crippen LogP contribution in [0.2, 0.25) is 5.02 Å². The lowest BCUT2D eigenvalue weighted by Gasteiger charge is -2.37. The van der Waals surface area contributed by atoms with Gasteiger partial charge in [-0.2, -0.15) is 15.0 Å². The number of nitrogens with one attached hydrogen (secondary N) is 2. The molecule has 6 aliphatic rings. The third kappa shape index (κ3) is 6.33. The molecule has 0 saturated heterocycles. The molecule has 1 aromatic heterocycles. The van der Waals surface area contributed by atoms with Crippen LogP contribution in [0.5, 0.6) is 0 Å². The SMILES string of the molecule is CC(C)(C)C#CCC1(C2C=CC(c3cnn(C4CC4)n3)=CC2)N=C(N)N([C@@]2(c3ccc(Cl)c(N4NC=NC4(C)C(F)F)c3)C[C@@H]2NC(=O)CC2CC2)C1=O. The maximum absolute atomic E-state index is 15.3. The zero-order valence-electron chi connectivity index (χ0n) is 30.8. The quantitative estimate of drug-likeness (QED) is 0.258. The van der Waals surface area contributed by atoms with Crippen LogP contribution in [0.3, 0.4) is 0 Å². The van der Waals surface area contributed by atoms with Crippen LogP contribution in [0.15, 0.2) is 52.6 Å². The molecular weight excluding hydrogens is 714 g/mol. The Labute approximate surface area is 318 Å². The van der Waals surface area contributed by atoms with Gasteiger partial charge in [-0.05, 0) is 89.0 Å². The van der Waals surface area contributed by atoms with Crippen molar-refractivity contribution in [3.63, 3.8) is 0 Å². The minimum Gasteiger partial charge on any atom is -0.369 e. The normalized spacial score (nSPS) is 30.3. The van der Waals surface area contributed by atoms with Gasteiger partial charge in [-0.1, -0.05) is 47.7 Å². The highest BCUT2D eigenvalue weighted by Crippen LogP contribution is 2.56. The number of hydrazine groups is 1. The summed E-state index contributed by atoms with van der Waals surface area (Å²) in [6.07, 6.45) is 11.6. The molecule has 0 bridgehead atoms. The van der Waals surface area contributed by atoms with Gasteiger partial charge in [0.05, 0.1) is 34.5 Å². The zero-order valence-corrected chi connectivity index (χ0v) is 31.6. The van der Waals surface area contributed by atoms with Crippen LogP contribution in [-0.4, -0.2) is 67.7 Å². The number of rotatable bonds is 11. The average molecular weight is 759 g/mol. The number of anilines is 1. The van der Waals surface area contributed by atoms with Crippen molar-refractivity contribution >= 4 is 47.0 Å². The summed E-state index contributed by atoms with van der Waals surface area (Å²) in [5.41, 5.74) is 7.31. The molecule has 3 saturated carbocycles. The van der Waals surface area contributed by atoms with Crippen LogP contribution in [0.25, 0.3) is 5.57 Å². The van der Waals surface area contributed by atoms with Crippen molar-refractivity contribution in [1.29, 1.82) is 0 Å². The Morgan fingerprint density at radius 2 is 2.00 bits per heavy atom. The van der Waals surface area contributed by atoms with Crippen molar-refractivity contribution in [2.45, 2.75) is 114 Å². The predicted molar refractivity (Wildman–Crippen MR) is 202 cm³/mol. The summed E-state index contributed by atoms with van der Waals surface area (Å²) >= 11 is 6.68. The minimum absolute atomic E-state index is 0.00334. The highest BCUT2D eigenvalue weighted by Gasteiger charge is 2.68. The molecule has 2 amide bonds. The Morgan fingerprint density at radius 1 is 1.22 bits per heavy atom. The first kappa shape index (κ1) is 36.2. The molecule has 3 fully saturated rings. The molecule has 4 aliphatic carbocycles. The second-order valence-electron chi connectivity index (χ2n) is 16.6. The lowest BCUT2D eigenvalue weighted by Crippen LogP contribution is -2.54. The van der Waals surface area contributed by atoms with E-state index in [1.807, 2.05) is 32.9 Å². The predicted octanol–water partition coefficient (Wildman–Crippen LogP) is 5.48. The molecular formula is C39H45ClF2N10O2. The van der Waals surface area contributed by atoms with Gasteiger partial charge < -0.3 is 11.1 Å². The van der Waals surface area contributed by atoms with Gasteiger partial charge in [-0.3, -0.25) is 24.9 Å². The van der Waals surface area contributed by atoms with Crippen molar-refractivity contribution < 1.29 is 18.4 Å². The number of aromatic nitrogens is 3. The van der Waals surface area contributed by atoms with E-state index in [0.717, 1.165) is 37.0 Å². The second kappa shape index (κ2) is 12.9. The highest BCUT2D eigenvalue weighted by molar-refractivity contribution is 6.33. The molecule has 2 aromatic rings. The number of hydrogen-bond acceptors (Lipinski definition) is 9. The monoisotopic (exact) mass is 758 g/mol. The number of aliphatic imine (C=N–C) groups is 2. The van der Waals surface area contributed by atoms with E-state index in [0.29, 0.717) is 36.8 Å². The summed E-state index contributed by atoms with van der Waals surface area (Å²) < 4.78 is 28.8. The van der Waals surface area contributed by atoms with E-state index in [-0.39, 0.29) is 40.3 Å². The number of alkyl halides is 2. The van der Waals surface area contributed by atoms with E-state index in [1.54, 1.807) is 29.2 Å². The number of nitrogens with zero attached hydrogens (tertiary/aromatic N) is 7. The van der Waals surface area contributed by atoms with Gasteiger partial charge in [0.2, 0.25) is 11.6 Å². The van der Waals surface area contributed by atoms with Crippen LogP contribution in [0.1, 0.15) is 96.4 Å². The maximum Gasteiger partial charge on any atom is 0.282 e. The molecule has 2 aliphatic heterocycles. The molecule has 3 heterocycles. The van der Waals surface area contributed by atoms with Gasteiger partial charge >= 0.3 is 0 Å². The first-order valence-electron chi connectivity index (χ1n) is 18.6. The second-order valence-corrected chi connectivity index (χ2v) is 17.0. The smallest absolute Gasteiger partial charge is 0.282 e. The van der Waals surface area contributed by atoms with E-state index in [1.165, 1.54) is 23.2 Å². The van der Waals surface area contributed by atoms with Crippen LogP contribution in [0.4, 0.5) is 14.5 Å². The van der Waals surface area contributed by atoms with Gasteiger partial charge in [0, 0.05) is 30.6 Å². The van der Waals surface area contributed by atoms with Crippen LogP contribution < -0.4 is 21.5 Å². The lowest BCUT2D eigenvalue weighted by molar-refractivity contribution is -0.135. The lowest BCUT2D eigenvalue weighted by atomic mass is 9.76. The minimum atomic E-state index is -2.85. The fourth-order valence-corrected chi connectivity index (χ4v) is 7.96. The molecule has 1 aromatic carbocycles. The summed E-state index contributed by atoms with van der Waals surface area (Å²) in [6, 6.07) is 4.85. The molecule has 284 valence electrons. The summed E-state index contributed by atoms with van der Waals surface area (Å²) in [4.78, 5) is 40.9. The van der Waals surface area contributed by atoms with Crippen LogP contribution >= 0.6 is 11.6 Å². The summed E-state index contributed by atoms with van der Waals surface area (Å²) in [5.74, 6) is 6.03. The van der Waals surface area contributed by atoms with Gasteiger partial charge in [-0.25, -0.2) is 18.8 Å². The number of amides is 2. The van der Waals surface area contributed by atoms with E-state index >= 15 is 4.79 Å². The molecule has 12 nitrogen and oxygen atoms in total. The highest BCUT2D eigenvalue weighted by atomic mass is 35.5. The van der Waals surface area contributed by atoms with Crippen LogP contribution in [0, 0.1) is 29.1 Å². The number of carbonyl (C=O) groups excluding carboxylic acids is 2. The van der Waals surface area contributed by atoms with Crippen LogP contribution in [-0.2, 0) is 15.1 Å². The number of carbonyl (C=O) groups is 2. The number of nitrogens with two attached hydrogens (primary N) is 1. The van der Waals surface area contributed by atoms with Crippen molar-refractivity contribution in [3.05, 3.63) is 58.9 Å². The van der Waals surface area contributed by atoms with Gasteiger partial charge in [0.25, 0.3) is 12.3 Å². The van der Waals surface area contributed by atoms with Crippen molar-refractivity contribution in [2.75, 3.05) is 5.01 Å². The topological polar surface area (TPSA) is 146 Å². The Morgan fingerprint density at radius 3 is 2.67 bits per heavy atom. The van der Waals surface area contributed by atoms with E-state index in [2.05, 4.69) is 43.8 Å². The zero-order chi connectivity index (χ0) is 38.2. The van der Waals surface area contributed by atoms with Crippen molar-refractivity contribution in [3.8, 4) is 11.8 Å². The number of halogens is 3. The molecule has 8 rings (SSSR count). The van der Waals surface area contributed by atoms with Gasteiger partial charge in [0.15, 0.2) is 11.5 Å². The van der Waals surface area contributed by atoms with Gasteiger partial charge in [-0.15, -0.1) is 0 Å². The fraction of sp³-hybridized carbons (Fsp3) is 0.538. The molecule has 5 atom stereocenters. The van der Waals surface area contributed by atoms with Crippen molar-refractivity contribution in [2.24, 2.45) is 33.0 Å². The Hall–Kier alpha value is -4.77. The number of hydrogen-bond donors (Lipinski definition) is 3. The van der Waals surface area contributed by atoms with Crippen molar-refractivity contribution in [1.82, 2.24) is 30.6 Å². The number of benzene rings is 1. The standard InChI is InChI=1S/C39H45ClF2N10O2/c1-36(2,3)16-5-17-38(25-10-8-24(9-11-25)29-21-45-52(49-29)27-13-14-27)34(54)50(35(43)48-38)39(20-31(39)47-32(53)18-23-6-7-23)26-12-15-28(40)30(19-26)51-37(4,33(41)42)44-22-46-51/h8-10,12,15,19,21-23,25,27,31,33H,6-7,11,13-14,17-18,20H2,1-4H3,(H2,43,48)(H,44,46)(H,47,53)/t25?,31-,37?,38?,39+/m0/s1. The fourth-order valence-electron chi connectivity index (χ4n) is 7.75. The largest absolute Gasteiger partial charge is 0.369 e. The number of allylic oxidation sites excluding steroid dienone is 3. The summed E-state index contributed by atoms with van der Waals surface area (Å²) in [5, 5.41) is 13.7. The Balaban J connectivity index is 1.16. The Kier molecular flexibility index (Phi) is 8.67. The molecule has 3 unspecified atom stereocenters. The molecule has 0 radical (unpaired) electrons. The number of guanidine groups is 1. The average Bonchev–Trinajstić information content (AvgIpc) is 4.09. The van der Waals surface area contributed by atoms with E-state index in [9.17, 15) is 13.6 Å². The molecule has 0 spiro atoms. The maximum atomic E-state index is 15.3. The molecule has 54 heavy (non-hydrogen) atoms. The summed E-state index contributed by atoms with van der Waals surface area (Å²) in [6.45, 7) is 7.31. The third-order valence-electron chi connectivity index (χ3n) is 11.2. The van der Waals surface area contributed by atoms with E-state index in [4.69, 9.17) is 22.3 Å². The Bertz CT molecular complexity index is 2070. The summed E-state index contributed by atoms with van der Waals surface area (Å²) in [7, 11) is 0. The first-order valence-corrected chi connectivity index (χ1v) is 19.0. The first-order chi connectivity index (χ1) is 25.6. The molecule has 4 N–H and O–H groups in total. The third-order valence-corrected chi connectivity index (χ3v) is 11.6. The van der Waals surface area contributed by atoms with Gasteiger partial charge in [0.1, 0.15) is 12.0 Å². The van der Waals surface area contributed by atoms with E-state index < -0.39 is 35.1 Å².